The lowest BCUT2D eigenvalue weighted by Crippen LogP contribution is -2.36. The number of para-hydroxylation sites is 1. The Morgan fingerprint density at radius 3 is 2.27 bits per heavy atom. The maximum absolute atomic E-state index is 12.6. The summed E-state index contributed by atoms with van der Waals surface area (Å²) < 4.78 is 0. The van der Waals surface area contributed by atoms with Crippen LogP contribution in [0.15, 0.2) is 82.6 Å². The van der Waals surface area contributed by atoms with Crippen LogP contribution in [0.5, 0.6) is 0 Å². The molecule has 4 aliphatic rings. The Balaban J connectivity index is 0.000000151. The minimum Gasteiger partial charge on any atom is -0.391 e. The zero-order chi connectivity index (χ0) is 27.5. The fraction of sp³-hybridized carbons (Fsp3) is 0.441. The maximum atomic E-state index is 12.6. The standard InChI is InChI=1S/C18H18N2O2S.C16H23N/c1-19-14-4-2-3-5-16(14)23-17-10-12(6-7-15(17)19)18(22)20-9-8-13(21)11-20;1-2-6-14(7-3-1)12-13-17-15-8-4-5-9-16(17)11-10-15/h2-7,10,13,21H,8-9,11H2,1H3;1-3,6-7,15-16H,4-5,8-13H2. The topological polar surface area (TPSA) is 47.0 Å². The molecule has 0 radical (unpaired) electrons. The molecule has 1 amide bonds. The van der Waals surface area contributed by atoms with E-state index in [-0.39, 0.29) is 12.0 Å². The average Bonchev–Trinajstić information content (AvgIpc) is 3.53. The molecular formula is C34H41N3O2S. The number of benzene rings is 3. The van der Waals surface area contributed by atoms with Crippen molar-refractivity contribution in [3.8, 4) is 0 Å². The Labute approximate surface area is 243 Å². The van der Waals surface area contributed by atoms with E-state index >= 15 is 0 Å². The van der Waals surface area contributed by atoms with Gasteiger partial charge in [-0.3, -0.25) is 9.69 Å². The smallest absolute Gasteiger partial charge is 0.253 e. The molecule has 3 unspecified atom stereocenters. The molecule has 0 aromatic heterocycles. The van der Waals surface area contributed by atoms with Crippen molar-refractivity contribution in [2.24, 2.45) is 0 Å². The van der Waals surface area contributed by atoms with E-state index in [2.05, 4.69) is 59.3 Å². The molecule has 3 aromatic carbocycles. The van der Waals surface area contributed by atoms with Crippen molar-refractivity contribution in [1.82, 2.24) is 9.80 Å². The molecule has 0 spiro atoms. The number of β-amino-alcohol motifs (C(OH)–C–C–N with tert-alkyl or cyclic N) is 1. The predicted molar refractivity (Wildman–Crippen MR) is 164 cm³/mol. The largest absolute Gasteiger partial charge is 0.391 e. The SMILES string of the molecule is CN1c2ccccc2Sc2cc(C(=O)N3CCC(O)C3)ccc21.c1ccc(CCN2C3CCCCC2CC3)cc1. The highest BCUT2D eigenvalue weighted by atomic mass is 32.2. The lowest BCUT2D eigenvalue weighted by Gasteiger charge is -2.29. The normalized spacial score (nSPS) is 23.6. The van der Waals surface area contributed by atoms with E-state index in [0.29, 0.717) is 25.1 Å². The van der Waals surface area contributed by atoms with Crippen molar-refractivity contribution < 1.29 is 9.90 Å². The van der Waals surface area contributed by atoms with Crippen molar-refractivity contribution in [3.63, 3.8) is 0 Å². The first kappa shape index (κ1) is 27.4. The number of hydrogen-bond acceptors (Lipinski definition) is 5. The third kappa shape index (κ3) is 5.95. The van der Waals surface area contributed by atoms with Crippen LogP contribution < -0.4 is 4.90 Å². The maximum Gasteiger partial charge on any atom is 0.253 e. The van der Waals surface area contributed by atoms with Gasteiger partial charge in [0.05, 0.1) is 17.5 Å². The number of rotatable bonds is 4. The number of carbonyl (C=O) groups excluding carboxylic acids is 1. The van der Waals surface area contributed by atoms with Gasteiger partial charge in [0, 0.05) is 54.1 Å². The Morgan fingerprint density at radius 2 is 1.55 bits per heavy atom. The van der Waals surface area contributed by atoms with Gasteiger partial charge in [0.15, 0.2) is 0 Å². The number of fused-ring (bicyclic) bond motifs is 4. The van der Waals surface area contributed by atoms with Crippen molar-refractivity contribution in [2.45, 2.75) is 79.3 Å². The average molecular weight is 556 g/mol. The second-order valence-corrected chi connectivity index (χ2v) is 12.7. The van der Waals surface area contributed by atoms with Crippen molar-refractivity contribution >= 4 is 29.0 Å². The summed E-state index contributed by atoms with van der Waals surface area (Å²) in [6, 6.07) is 26.9. The molecule has 40 heavy (non-hydrogen) atoms. The lowest BCUT2D eigenvalue weighted by molar-refractivity contribution is 0.0764. The first-order chi connectivity index (χ1) is 19.6. The number of likely N-dealkylation sites (tertiary alicyclic amines) is 1. The van der Waals surface area contributed by atoms with Crippen LogP contribution in [0.1, 0.15) is 60.9 Å². The molecule has 2 bridgehead atoms. The van der Waals surface area contributed by atoms with E-state index < -0.39 is 0 Å². The Bertz CT molecular complexity index is 1300. The predicted octanol–water partition coefficient (Wildman–Crippen LogP) is 6.76. The third-order valence-corrected chi connectivity index (χ3v) is 10.2. The minimum atomic E-state index is -0.385. The number of carbonyl (C=O) groups is 1. The van der Waals surface area contributed by atoms with E-state index in [1.165, 1.54) is 67.6 Å². The van der Waals surface area contributed by atoms with Gasteiger partial charge in [0.1, 0.15) is 0 Å². The Hall–Kier alpha value is -2.80. The molecular weight excluding hydrogens is 514 g/mol. The summed E-state index contributed by atoms with van der Waals surface area (Å²) in [5, 5.41) is 9.63. The summed E-state index contributed by atoms with van der Waals surface area (Å²) >= 11 is 1.70. The van der Waals surface area contributed by atoms with Crippen LogP contribution in [0.2, 0.25) is 0 Å². The summed E-state index contributed by atoms with van der Waals surface area (Å²) in [5.74, 6) is 0.00598. The van der Waals surface area contributed by atoms with E-state index in [4.69, 9.17) is 0 Å². The summed E-state index contributed by atoms with van der Waals surface area (Å²) in [5.41, 5.74) is 4.49. The van der Waals surface area contributed by atoms with Gasteiger partial charge in [-0.1, -0.05) is 67.1 Å². The monoisotopic (exact) mass is 555 g/mol. The first-order valence-corrected chi connectivity index (χ1v) is 15.8. The lowest BCUT2D eigenvalue weighted by atomic mass is 10.0. The summed E-state index contributed by atoms with van der Waals surface area (Å²) in [7, 11) is 2.05. The second kappa shape index (κ2) is 12.4. The molecule has 6 heteroatoms. The van der Waals surface area contributed by atoms with Gasteiger partial charge in [-0.2, -0.15) is 0 Å². The molecule has 0 saturated carbocycles. The van der Waals surface area contributed by atoms with Crippen LogP contribution in [0.3, 0.4) is 0 Å². The minimum absolute atomic E-state index is 0.00598. The molecule has 3 saturated heterocycles. The fourth-order valence-corrected chi connectivity index (χ4v) is 8.03. The fourth-order valence-electron chi connectivity index (χ4n) is 6.85. The molecule has 7 rings (SSSR count). The molecule has 0 aliphatic carbocycles. The summed E-state index contributed by atoms with van der Waals surface area (Å²) in [6.45, 7) is 2.35. The highest BCUT2D eigenvalue weighted by Gasteiger charge is 2.34. The van der Waals surface area contributed by atoms with Crippen LogP contribution in [-0.4, -0.2) is 65.7 Å². The van der Waals surface area contributed by atoms with Gasteiger partial charge in [0.2, 0.25) is 0 Å². The molecule has 4 aliphatic heterocycles. The molecule has 5 nitrogen and oxygen atoms in total. The van der Waals surface area contributed by atoms with Crippen LogP contribution in [0, 0.1) is 0 Å². The van der Waals surface area contributed by atoms with Gasteiger partial charge in [0.25, 0.3) is 5.91 Å². The van der Waals surface area contributed by atoms with E-state index in [0.717, 1.165) is 22.7 Å². The molecule has 210 valence electrons. The van der Waals surface area contributed by atoms with Gasteiger partial charge < -0.3 is 14.9 Å². The van der Waals surface area contributed by atoms with E-state index in [9.17, 15) is 9.90 Å². The number of aliphatic hydroxyl groups is 1. The van der Waals surface area contributed by atoms with Crippen LogP contribution in [-0.2, 0) is 6.42 Å². The number of amides is 1. The van der Waals surface area contributed by atoms with Gasteiger partial charge >= 0.3 is 0 Å². The number of anilines is 2. The van der Waals surface area contributed by atoms with Crippen molar-refractivity contribution in [1.29, 1.82) is 0 Å². The quantitative estimate of drug-likeness (QED) is 0.385. The molecule has 3 atom stereocenters. The Kier molecular flexibility index (Phi) is 8.47. The number of aliphatic hydroxyl groups excluding tert-OH is 1. The zero-order valence-electron chi connectivity index (χ0n) is 23.5. The highest BCUT2D eigenvalue weighted by molar-refractivity contribution is 7.99. The highest BCUT2D eigenvalue weighted by Crippen LogP contribution is 2.47. The number of hydrogen-bond donors (Lipinski definition) is 1. The molecule has 3 aromatic rings. The van der Waals surface area contributed by atoms with Crippen molar-refractivity contribution in [2.75, 3.05) is 31.6 Å². The second-order valence-electron chi connectivity index (χ2n) is 11.6. The van der Waals surface area contributed by atoms with Crippen LogP contribution >= 0.6 is 11.8 Å². The molecule has 3 fully saturated rings. The molecule has 1 N–H and O–H groups in total. The zero-order valence-corrected chi connectivity index (χ0v) is 24.4. The van der Waals surface area contributed by atoms with Gasteiger partial charge in [-0.15, -0.1) is 0 Å². The summed E-state index contributed by atoms with van der Waals surface area (Å²) in [6.07, 6.45) is 10.3. The van der Waals surface area contributed by atoms with Crippen LogP contribution in [0.25, 0.3) is 0 Å². The van der Waals surface area contributed by atoms with E-state index in [1.54, 1.807) is 16.7 Å². The number of nitrogens with zero attached hydrogens (tertiary/aromatic N) is 3. The van der Waals surface area contributed by atoms with E-state index in [1.807, 2.05) is 30.3 Å². The van der Waals surface area contributed by atoms with Crippen LogP contribution in [0.4, 0.5) is 11.4 Å². The van der Waals surface area contributed by atoms with Crippen molar-refractivity contribution in [3.05, 3.63) is 83.9 Å². The van der Waals surface area contributed by atoms with Gasteiger partial charge in [-0.25, -0.2) is 0 Å². The Morgan fingerprint density at radius 1 is 0.850 bits per heavy atom. The molecule has 4 heterocycles. The third-order valence-electron chi connectivity index (χ3n) is 9.06. The first-order valence-electron chi connectivity index (χ1n) is 15.0. The summed E-state index contributed by atoms with van der Waals surface area (Å²) in [4.78, 5) is 21.6. The van der Waals surface area contributed by atoms with Gasteiger partial charge in [-0.05, 0) is 74.4 Å².